The molecule has 0 aromatic rings. The Labute approximate surface area is 161 Å². The molecule has 26 heavy (non-hydrogen) atoms. The molecule has 2 amide bonds. The lowest BCUT2D eigenvalue weighted by molar-refractivity contribution is -0.127. The van der Waals surface area contributed by atoms with Crippen LogP contribution in [-0.2, 0) is 9.53 Å². The predicted molar refractivity (Wildman–Crippen MR) is 107 cm³/mol. The minimum absolute atomic E-state index is 0.0576. The molecule has 0 radical (unpaired) electrons. The fourth-order valence-electron chi connectivity index (χ4n) is 2.28. The third-order valence-corrected chi connectivity index (χ3v) is 4.26. The first kappa shape index (κ1) is 22.4. The number of ether oxygens (including phenoxy) is 1. The molecule has 0 aromatic heterocycles. The molecule has 1 rings (SSSR count). The van der Waals surface area contributed by atoms with Gasteiger partial charge < -0.3 is 25.2 Å². The van der Waals surface area contributed by atoms with E-state index in [9.17, 15) is 9.59 Å². The summed E-state index contributed by atoms with van der Waals surface area (Å²) in [7, 11) is 3.42. The highest BCUT2D eigenvalue weighted by atomic mass is 32.2. The topological polar surface area (TPSA) is 86.3 Å². The highest BCUT2D eigenvalue weighted by Gasteiger charge is 2.30. The van der Waals surface area contributed by atoms with Crippen molar-refractivity contribution in [3.63, 3.8) is 0 Å². The number of nitrogens with zero attached hydrogens (tertiary/aromatic N) is 3. The molecular weight excluding hydrogens is 354 g/mol. The SMILES string of the molecule is CSCCNC(=NCC(=O)N(C)C)NC1CCN(C(=O)OC(C)(C)C)C1. The van der Waals surface area contributed by atoms with Gasteiger partial charge in [0.05, 0.1) is 0 Å². The molecule has 2 N–H and O–H groups in total. The number of rotatable bonds is 6. The first-order valence-electron chi connectivity index (χ1n) is 8.84. The average Bonchev–Trinajstić information content (AvgIpc) is 2.99. The van der Waals surface area contributed by atoms with E-state index in [0.29, 0.717) is 19.0 Å². The molecule has 1 unspecified atom stereocenters. The van der Waals surface area contributed by atoms with Gasteiger partial charge >= 0.3 is 6.09 Å². The number of hydrogen-bond donors (Lipinski definition) is 2. The van der Waals surface area contributed by atoms with Crippen molar-refractivity contribution in [2.45, 2.75) is 38.8 Å². The Morgan fingerprint density at radius 3 is 2.62 bits per heavy atom. The van der Waals surface area contributed by atoms with E-state index in [1.54, 1.807) is 30.8 Å². The maximum Gasteiger partial charge on any atom is 0.410 e. The number of carbonyl (C=O) groups excluding carboxylic acids is 2. The molecule has 1 saturated heterocycles. The van der Waals surface area contributed by atoms with E-state index < -0.39 is 5.60 Å². The number of guanidine groups is 1. The molecule has 1 fully saturated rings. The van der Waals surface area contributed by atoms with Gasteiger partial charge in [0.1, 0.15) is 12.1 Å². The van der Waals surface area contributed by atoms with Gasteiger partial charge in [0, 0.05) is 45.5 Å². The number of likely N-dealkylation sites (N-methyl/N-ethyl adjacent to an activating group) is 1. The van der Waals surface area contributed by atoms with Crippen molar-refractivity contribution in [3.05, 3.63) is 0 Å². The van der Waals surface area contributed by atoms with Gasteiger partial charge in [-0.1, -0.05) is 0 Å². The second kappa shape index (κ2) is 10.5. The van der Waals surface area contributed by atoms with Crippen LogP contribution in [0, 0.1) is 0 Å². The number of hydrogen-bond acceptors (Lipinski definition) is 5. The van der Waals surface area contributed by atoms with Gasteiger partial charge in [-0.3, -0.25) is 4.79 Å². The Kier molecular flexibility index (Phi) is 9.04. The monoisotopic (exact) mass is 387 g/mol. The van der Waals surface area contributed by atoms with Crippen LogP contribution < -0.4 is 10.6 Å². The normalized spacial score (nSPS) is 17.8. The van der Waals surface area contributed by atoms with Crippen molar-refractivity contribution in [3.8, 4) is 0 Å². The molecule has 0 saturated carbocycles. The number of likely N-dealkylation sites (tertiary alicyclic amines) is 1. The van der Waals surface area contributed by atoms with Crippen LogP contribution in [0.3, 0.4) is 0 Å². The van der Waals surface area contributed by atoms with Gasteiger partial charge in [0.25, 0.3) is 0 Å². The summed E-state index contributed by atoms with van der Waals surface area (Å²) in [6, 6.07) is 0.0810. The predicted octanol–water partition coefficient (Wildman–Crippen LogP) is 0.982. The molecule has 0 aromatic carbocycles. The van der Waals surface area contributed by atoms with Crippen LogP contribution in [0.1, 0.15) is 27.2 Å². The second-order valence-electron chi connectivity index (χ2n) is 7.43. The molecule has 0 spiro atoms. The Hall–Kier alpha value is -1.64. The molecule has 1 heterocycles. The fraction of sp³-hybridized carbons (Fsp3) is 0.824. The maximum absolute atomic E-state index is 12.2. The number of amides is 2. The first-order valence-corrected chi connectivity index (χ1v) is 10.2. The summed E-state index contributed by atoms with van der Waals surface area (Å²) in [6.45, 7) is 7.62. The molecular formula is C17H33N5O3S. The van der Waals surface area contributed by atoms with Crippen LogP contribution in [0.2, 0.25) is 0 Å². The average molecular weight is 388 g/mol. The molecule has 0 aliphatic carbocycles. The van der Waals surface area contributed by atoms with E-state index in [0.717, 1.165) is 18.7 Å². The Balaban J connectivity index is 2.60. The zero-order valence-corrected chi connectivity index (χ0v) is 17.6. The van der Waals surface area contributed by atoms with Crippen molar-refractivity contribution in [2.75, 3.05) is 52.3 Å². The Morgan fingerprint density at radius 2 is 2.04 bits per heavy atom. The third-order valence-electron chi connectivity index (χ3n) is 3.65. The van der Waals surface area contributed by atoms with Crippen LogP contribution >= 0.6 is 11.8 Å². The highest BCUT2D eigenvalue weighted by molar-refractivity contribution is 7.98. The summed E-state index contributed by atoms with van der Waals surface area (Å²) in [5.74, 6) is 1.49. The van der Waals surface area contributed by atoms with E-state index in [2.05, 4.69) is 15.6 Å². The van der Waals surface area contributed by atoms with Crippen LogP contribution in [0.5, 0.6) is 0 Å². The van der Waals surface area contributed by atoms with Crippen molar-refractivity contribution in [2.24, 2.45) is 4.99 Å². The molecule has 150 valence electrons. The summed E-state index contributed by atoms with van der Waals surface area (Å²) in [5, 5.41) is 6.56. The van der Waals surface area contributed by atoms with Crippen LogP contribution in [-0.4, -0.2) is 91.7 Å². The third kappa shape index (κ3) is 8.64. The molecule has 1 aliphatic rings. The summed E-state index contributed by atoms with van der Waals surface area (Å²) in [5.41, 5.74) is -0.499. The smallest absolute Gasteiger partial charge is 0.410 e. The van der Waals surface area contributed by atoms with Crippen molar-refractivity contribution >= 4 is 29.7 Å². The summed E-state index contributed by atoms with van der Waals surface area (Å²) >= 11 is 1.74. The summed E-state index contributed by atoms with van der Waals surface area (Å²) in [6.07, 6.45) is 2.56. The standard InChI is InChI=1S/C17H33N5O3S/c1-17(2,3)25-16(24)22-9-7-13(12-22)20-15(18-8-10-26-6)19-11-14(23)21(4)5/h13H,7-12H2,1-6H3,(H2,18,19,20). The zero-order chi connectivity index (χ0) is 19.7. The van der Waals surface area contributed by atoms with Gasteiger partial charge in [-0.25, -0.2) is 9.79 Å². The van der Waals surface area contributed by atoms with Crippen molar-refractivity contribution in [1.29, 1.82) is 0 Å². The first-order chi connectivity index (χ1) is 12.1. The van der Waals surface area contributed by atoms with E-state index in [1.807, 2.05) is 27.0 Å². The molecule has 1 atom stereocenters. The Bertz CT molecular complexity index is 505. The number of aliphatic imine (C=N–C) groups is 1. The van der Waals surface area contributed by atoms with Crippen LogP contribution in [0.4, 0.5) is 4.79 Å². The number of thioether (sulfide) groups is 1. The van der Waals surface area contributed by atoms with Gasteiger partial charge in [0.2, 0.25) is 5.91 Å². The molecule has 0 bridgehead atoms. The largest absolute Gasteiger partial charge is 0.444 e. The van der Waals surface area contributed by atoms with E-state index in [1.165, 1.54) is 4.90 Å². The van der Waals surface area contributed by atoms with Crippen LogP contribution in [0.15, 0.2) is 4.99 Å². The highest BCUT2D eigenvalue weighted by Crippen LogP contribution is 2.15. The van der Waals surface area contributed by atoms with E-state index >= 15 is 0 Å². The zero-order valence-electron chi connectivity index (χ0n) is 16.8. The number of nitrogens with one attached hydrogen (secondary N) is 2. The quantitative estimate of drug-likeness (QED) is 0.401. The second-order valence-corrected chi connectivity index (χ2v) is 8.41. The minimum atomic E-state index is -0.499. The van der Waals surface area contributed by atoms with Gasteiger partial charge in [-0.05, 0) is 33.4 Å². The summed E-state index contributed by atoms with van der Waals surface area (Å²) < 4.78 is 5.42. The molecule has 8 nitrogen and oxygen atoms in total. The lowest BCUT2D eigenvalue weighted by Crippen LogP contribution is -2.46. The summed E-state index contributed by atoms with van der Waals surface area (Å²) in [4.78, 5) is 31.5. The lowest BCUT2D eigenvalue weighted by Gasteiger charge is -2.24. The van der Waals surface area contributed by atoms with Gasteiger partial charge in [-0.2, -0.15) is 11.8 Å². The molecule has 9 heteroatoms. The Morgan fingerprint density at radius 1 is 1.35 bits per heavy atom. The number of carbonyl (C=O) groups is 2. The van der Waals surface area contributed by atoms with E-state index in [4.69, 9.17) is 4.74 Å². The van der Waals surface area contributed by atoms with Gasteiger partial charge in [-0.15, -0.1) is 0 Å². The maximum atomic E-state index is 12.2. The lowest BCUT2D eigenvalue weighted by atomic mass is 10.2. The van der Waals surface area contributed by atoms with E-state index in [-0.39, 0.29) is 24.6 Å². The molecule has 1 aliphatic heterocycles. The van der Waals surface area contributed by atoms with Crippen LogP contribution in [0.25, 0.3) is 0 Å². The minimum Gasteiger partial charge on any atom is -0.444 e. The van der Waals surface area contributed by atoms with Gasteiger partial charge in [0.15, 0.2) is 5.96 Å². The van der Waals surface area contributed by atoms with Crippen molar-refractivity contribution in [1.82, 2.24) is 20.4 Å². The van der Waals surface area contributed by atoms with Crippen molar-refractivity contribution < 1.29 is 14.3 Å². The fourth-order valence-corrected chi connectivity index (χ4v) is 2.58.